The summed E-state index contributed by atoms with van der Waals surface area (Å²) in [5, 5.41) is 2.17. The second-order valence-corrected chi connectivity index (χ2v) is 6.01. The molecule has 1 aromatic heterocycles. The Labute approximate surface area is 164 Å². The predicted molar refractivity (Wildman–Crippen MR) is 107 cm³/mol. The average Bonchev–Trinajstić information content (AvgIpc) is 3.10. The topological polar surface area (TPSA) is 49.8 Å². The highest BCUT2D eigenvalue weighted by Crippen LogP contribution is 2.37. The lowest BCUT2D eigenvalue weighted by molar-refractivity contribution is 0.174. The molecular weight excluding hydrogens is 366 g/mol. The number of nitrogens with zero attached hydrogens (tertiary/aromatic N) is 1. The van der Waals surface area contributed by atoms with Gasteiger partial charge in [0.15, 0.2) is 23.0 Å². The molecule has 0 atom stereocenters. The van der Waals surface area contributed by atoms with Gasteiger partial charge in [0, 0.05) is 18.0 Å². The first-order chi connectivity index (χ1) is 12.8. The van der Waals surface area contributed by atoms with Crippen LogP contribution in [0.3, 0.4) is 0 Å². The maximum Gasteiger partial charge on any atom is 0.231 e. The van der Waals surface area contributed by atoms with E-state index in [9.17, 15) is 0 Å². The molecular formula is C21H22ClNO4. The lowest BCUT2D eigenvalue weighted by Gasteiger charge is -2.13. The lowest BCUT2D eigenvalue weighted by Crippen LogP contribution is -2.00. The van der Waals surface area contributed by atoms with Crippen molar-refractivity contribution in [3.63, 3.8) is 0 Å². The van der Waals surface area contributed by atoms with Gasteiger partial charge in [-0.2, -0.15) is 0 Å². The Morgan fingerprint density at radius 3 is 2.44 bits per heavy atom. The Balaban J connectivity index is 0.00000210. The molecule has 0 saturated heterocycles. The molecule has 0 fully saturated rings. The van der Waals surface area contributed by atoms with Crippen LogP contribution in [0.15, 0.2) is 42.6 Å². The molecule has 5 nitrogen and oxygen atoms in total. The minimum Gasteiger partial charge on any atom is -0.490 e. The smallest absolute Gasteiger partial charge is 0.231 e. The Hall–Kier alpha value is -2.66. The lowest BCUT2D eigenvalue weighted by atomic mass is 10.0. The van der Waals surface area contributed by atoms with Crippen LogP contribution in [0.25, 0.3) is 10.8 Å². The molecule has 6 heteroatoms. The first-order valence-electron chi connectivity index (χ1n) is 8.84. The normalized spacial score (nSPS) is 11.9. The zero-order valence-corrected chi connectivity index (χ0v) is 16.2. The maximum atomic E-state index is 5.73. The SMILES string of the molecule is CCOc1ccc(Cc2nccc3cc4c(cc23)OCO4)cc1OCC.Cl. The summed E-state index contributed by atoms with van der Waals surface area (Å²) in [6.07, 6.45) is 2.53. The van der Waals surface area contributed by atoms with Crippen molar-refractivity contribution in [2.45, 2.75) is 20.3 Å². The molecule has 0 N–H and O–H groups in total. The van der Waals surface area contributed by atoms with Gasteiger partial charge in [-0.25, -0.2) is 0 Å². The van der Waals surface area contributed by atoms with Crippen LogP contribution in [0, 0.1) is 0 Å². The fraction of sp³-hybridized carbons (Fsp3) is 0.286. The number of benzene rings is 2. The second-order valence-electron chi connectivity index (χ2n) is 6.01. The van der Waals surface area contributed by atoms with Gasteiger partial charge in [0.2, 0.25) is 6.79 Å². The number of halogens is 1. The summed E-state index contributed by atoms with van der Waals surface area (Å²) in [6.45, 7) is 5.41. The van der Waals surface area contributed by atoms with E-state index in [1.54, 1.807) is 0 Å². The van der Waals surface area contributed by atoms with E-state index >= 15 is 0 Å². The predicted octanol–water partition coefficient (Wildman–Crippen LogP) is 4.77. The Morgan fingerprint density at radius 1 is 0.926 bits per heavy atom. The third-order valence-electron chi connectivity index (χ3n) is 4.32. The van der Waals surface area contributed by atoms with Crippen LogP contribution in [0.2, 0.25) is 0 Å². The van der Waals surface area contributed by atoms with Crippen molar-refractivity contribution < 1.29 is 18.9 Å². The fourth-order valence-electron chi connectivity index (χ4n) is 3.16. The third kappa shape index (κ3) is 3.88. The molecule has 2 heterocycles. The first kappa shape index (κ1) is 19.1. The fourth-order valence-corrected chi connectivity index (χ4v) is 3.16. The molecule has 0 bridgehead atoms. The highest BCUT2D eigenvalue weighted by molar-refractivity contribution is 5.88. The van der Waals surface area contributed by atoms with Crippen LogP contribution in [0.5, 0.6) is 23.0 Å². The summed E-state index contributed by atoms with van der Waals surface area (Å²) >= 11 is 0. The van der Waals surface area contributed by atoms with E-state index in [1.165, 1.54) is 0 Å². The minimum atomic E-state index is 0. The molecule has 0 unspecified atom stereocenters. The Kier molecular flexibility index (Phi) is 5.91. The molecule has 0 aliphatic carbocycles. The van der Waals surface area contributed by atoms with E-state index in [0.717, 1.165) is 45.0 Å². The zero-order chi connectivity index (χ0) is 17.9. The third-order valence-corrected chi connectivity index (χ3v) is 4.32. The summed E-state index contributed by atoms with van der Waals surface area (Å²) in [6, 6.07) is 12.1. The van der Waals surface area contributed by atoms with Gasteiger partial charge >= 0.3 is 0 Å². The van der Waals surface area contributed by atoms with Gasteiger partial charge in [-0.1, -0.05) is 6.07 Å². The van der Waals surface area contributed by atoms with Crippen LogP contribution in [-0.4, -0.2) is 25.0 Å². The monoisotopic (exact) mass is 387 g/mol. The number of ether oxygens (including phenoxy) is 4. The molecule has 0 radical (unpaired) electrons. The van der Waals surface area contributed by atoms with E-state index in [1.807, 2.05) is 50.4 Å². The van der Waals surface area contributed by atoms with Gasteiger partial charge in [0.1, 0.15) is 0 Å². The second kappa shape index (κ2) is 8.35. The number of rotatable bonds is 6. The molecule has 1 aliphatic rings. The molecule has 1 aliphatic heterocycles. The van der Waals surface area contributed by atoms with Crippen molar-refractivity contribution in [3.05, 3.63) is 53.9 Å². The van der Waals surface area contributed by atoms with E-state index in [-0.39, 0.29) is 19.2 Å². The Morgan fingerprint density at radius 2 is 1.67 bits per heavy atom. The summed E-state index contributed by atoms with van der Waals surface area (Å²) < 4.78 is 22.4. The number of hydrogen-bond acceptors (Lipinski definition) is 5. The van der Waals surface area contributed by atoms with Gasteiger partial charge in [0.25, 0.3) is 0 Å². The summed E-state index contributed by atoms with van der Waals surface area (Å²) in [5.41, 5.74) is 2.11. The molecule has 142 valence electrons. The quantitative estimate of drug-likeness (QED) is 0.609. The van der Waals surface area contributed by atoms with E-state index in [4.69, 9.17) is 18.9 Å². The summed E-state index contributed by atoms with van der Waals surface area (Å²) in [7, 11) is 0. The van der Waals surface area contributed by atoms with Crippen molar-refractivity contribution in [1.29, 1.82) is 0 Å². The highest BCUT2D eigenvalue weighted by Gasteiger charge is 2.16. The van der Waals surface area contributed by atoms with Gasteiger partial charge in [-0.3, -0.25) is 4.98 Å². The summed E-state index contributed by atoms with van der Waals surface area (Å²) in [4.78, 5) is 4.59. The van der Waals surface area contributed by atoms with Crippen molar-refractivity contribution in [1.82, 2.24) is 4.98 Å². The molecule has 0 saturated carbocycles. The highest BCUT2D eigenvalue weighted by atomic mass is 35.5. The van der Waals surface area contributed by atoms with Crippen LogP contribution >= 0.6 is 12.4 Å². The average molecular weight is 388 g/mol. The van der Waals surface area contributed by atoms with Crippen molar-refractivity contribution in [2.75, 3.05) is 20.0 Å². The van der Waals surface area contributed by atoms with E-state index in [0.29, 0.717) is 19.6 Å². The summed E-state index contributed by atoms with van der Waals surface area (Å²) in [5.74, 6) is 3.10. The number of pyridine rings is 1. The largest absolute Gasteiger partial charge is 0.490 e. The van der Waals surface area contributed by atoms with Gasteiger partial charge < -0.3 is 18.9 Å². The van der Waals surface area contributed by atoms with Crippen LogP contribution in [-0.2, 0) is 6.42 Å². The van der Waals surface area contributed by atoms with Crippen LogP contribution in [0.1, 0.15) is 25.1 Å². The van der Waals surface area contributed by atoms with Crippen molar-refractivity contribution in [3.8, 4) is 23.0 Å². The Bertz CT molecular complexity index is 945. The maximum absolute atomic E-state index is 5.73. The number of hydrogen-bond donors (Lipinski definition) is 0. The molecule has 0 spiro atoms. The standard InChI is InChI=1S/C21H21NO4.ClH/c1-3-23-18-6-5-14(10-19(18)24-4-2)9-17-16-12-21-20(25-13-26-21)11-15(16)7-8-22-17;/h5-8,10-12H,3-4,9,13H2,1-2H3;1H. The zero-order valence-electron chi connectivity index (χ0n) is 15.4. The van der Waals surface area contributed by atoms with Gasteiger partial charge in [-0.15, -0.1) is 12.4 Å². The molecule has 27 heavy (non-hydrogen) atoms. The van der Waals surface area contributed by atoms with Crippen LogP contribution in [0.4, 0.5) is 0 Å². The van der Waals surface area contributed by atoms with Crippen molar-refractivity contribution in [2.24, 2.45) is 0 Å². The minimum absolute atomic E-state index is 0. The number of aromatic nitrogens is 1. The molecule has 3 aromatic rings. The van der Waals surface area contributed by atoms with Crippen molar-refractivity contribution >= 4 is 23.2 Å². The van der Waals surface area contributed by atoms with Crippen LogP contribution < -0.4 is 18.9 Å². The number of fused-ring (bicyclic) bond motifs is 2. The first-order valence-corrected chi connectivity index (χ1v) is 8.84. The van der Waals surface area contributed by atoms with Gasteiger partial charge in [-0.05, 0) is 55.1 Å². The molecule has 0 amide bonds. The van der Waals surface area contributed by atoms with Gasteiger partial charge in [0.05, 0.1) is 18.9 Å². The van der Waals surface area contributed by atoms with E-state index < -0.39 is 0 Å². The van der Waals surface area contributed by atoms with E-state index in [2.05, 4.69) is 11.1 Å². The molecule has 4 rings (SSSR count). The molecule has 2 aromatic carbocycles.